The van der Waals surface area contributed by atoms with Crippen molar-refractivity contribution in [2.24, 2.45) is 29.6 Å². The van der Waals surface area contributed by atoms with Gasteiger partial charge in [0.25, 0.3) is 0 Å². The molecule has 0 aromatic rings. The molecule has 0 amide bonds. The van der Waals surface area contributed by atoms with Gasteiger partial charge >= 0.3 is 0 Å². The Balaban J connectivity index is 2.10. The van der Waals surface area contributed by atoms with E-state index in [1.807, 2.05) is 0 Å². The second kappa shape index (κ2) is 2.50. The molecule has 3 atom stereocenters. The van der Waals surface area contributed by atoms with Gasteiger partial charge in [-0.3, -0.25) is 0 Å². The first-order valence-corrected chi connectivity index (χ1v) is 5.18. The van der Waals surface area contributed by atoms with Gasteiger partial charge in [-0.15, -0.1) is 0 Å². The molecule has 0 aromatic heterocycles. The quantitative estimate of drug-likeness (QED) is 0.499. The van der Waals surface area contributed by atoms with Crippen molar-refractivity contribution in [1.82, 2.24) is 0 Å². The van der Waals surface area contributed by atoms with Gasteiger partial charge in [0.15, 0.2) is 0 Å². The summed E-state index contributed by atoms with van der Waals surface area (Å²) in [5, 5.41) is 0. The van der Waals surface area contributed by atoms with Crippen LogP contribution in [0.2, 0.25) is 0 Å². The highest BCUT2D eigenvalue weighted by molar-refractivity contribution is 4.91. The summed E-state index contributed by atoms with van der Waals surface area (Å²) in [7, 11) is 0. The van der Waals surface area contributed by atoms with Gasteiger partial charge in [0, 0.05) is 0 Å². The maximum absolute atomic E-state index is 2.47. The minimum absolute atomic E-state index is 0.979. The van der Waals surface area contributed by atoms with Crippen LogP contribution in [0.5, 0.6) is 0 Å². The molecule has 0 N–H and O–H groups in total. The molecule has 0 radical (unpaired) electrons. The van der Waals surface area contributed by atoms with Crippen LogP contribution in [0.3, 0.4) is 0 Å². The largest absolute Gasteiger partial charge is 0.0622 e. The lowest BCUT2D eigenvalue weighted by molar-refractivity contribution is 0.139. The normalized spacial score (nSPS) is 56.5. The average molecular weight is 152 g/mol. The van der Waals surface area contributed by atoms with Crippen molar-refractivity contribution in [2.75, 3.05) is 0 Å². The lowest BCUT2D eigenvalue weighted by atomic mass is 9.69. The minimum atomic E-state index is 0.979. The Labute approximate surface area is 70.4 Å². The third-order valence-corrected chi connectivity index (χ3v) is 4.45. The van der Waals surface area contributed by atoms with Gasteiger partial charge in [-0.05, 0) is 48.9 Å². The van der Waals surface area contributed by atoms with Crippen LogP contribution in [0.1, 0.15) is 40.0 Å². The molecule has 0 spiro atoms. The van der Waals surface area contributed by atoms with Crippen molar-refractivity contribution in [3.63, 3.8) is 0 Å². The molecule has 0 aromatic carbocycles. The zero-order valence-electron chi connectivity index (χ0n) is 8.01. The first-order valence-electron chi connectivity index (χ1n) is 5.18. The maximum Gasteiger partial charge on any atom is -0.0381 e. The first kappa shape index (κ1) is 7.64. The van der Waals surface area contributed by atoms with E-state index >= 15 is 0 Å². The number of hydrogen-bond acceptors (Lipinski definition) is 0. The van der Waals surface area contributed by atoms with Crippen LogP contribution < -0.4 is 0 Å². The van der Waals surface area contributed by atoms with Crippen LogP contribution in [0.15, 0.2) is 0 Å². The number of fused-ring (bicyclic) bond motifs is 3. The summed E-state index contributed by atoms with van der Waals surface area (Å²) < 4.78 is 0. The van der Waals surface area contributed by atoms with E-state index in [0.29, 0.717) is 0 Å². The van der Waals surface area contributed by atoms with Crippen molar-refractivity contribution < 1.29 is 0 Å². The van der Waals surface area contributed by atoms with E-state index in [2.05, 4.69) is 20.8 Å². The zero-order chi connectivity index (χ0) is 8.01. The van der Waals surface area contributed by atoms with Crippen molar-refractivity contribution in [3.05, 3.63) is 0 Å². The standard InChI is InChI=1S/C11H20/c1-7-4-10-5-11(6-10)9(3)8(7)2/h7-11H,4-6H2,1-3H3. The molecule has 0 saturated heterocycles. The summed E-state index contributed by atoms with van der Waals surface area (Å²) in [5.74, 6) is 5.18. The third-order valence-electron chi connectivity index (χ3n) is 4.45. The molecule has 3 saturated carbocycles. The van der Waals surface area contributed by atoms with Crippen LogP contribution in [0.4, 0.5) is 0 Å². The van der Waals surface area contributed by atoms with Crippen LogP contribution in [0.25, 0.3) is 0 Å². The van der Waals surface area contributed by atoms with Gasteiger partial charge in [0.2, 0.25) is 0 Å². The summed E-state index contributed by atoms with van der Waals surface area (Å²) in [6, 6.07) is 0. The van der Waals surface area contributed by atoms with Crippen LogP contribution in [0, 0.1) is 29.6 Å². The number of rotatable bonds is 0. The Hall–Kier alpha value is 0. The SMILES string of the molecule is CC1CC2CC(C2)C(C)C1C. The highest BCUT2D eigenvalue weighted by Crippen LogP contribution is 2.50. The molecule has 0 heteroatoms. The van der Waals surface area contributed by atoms with Crippen molar-refractivity contribution in [1.29, 1.82) is 0 Å². The Morgan fingerprint density at radius 3 is 2.09 bits per heavy atom. The fourth-order valence-corrected chi connectivity index (χ4v) is 3.10. The van der Waals surface area contributed by atoms with Crippen molar-refractivity contribution in [3.8, 4) is 0 Å². The van der Waals surface area contributed by atoms with Crippen molar-refractivity contribution >= 4 is 0 Å². The van der Waals surface area contributed by atoms with Crippen molar-refractivity contribution in [2.45, 2.75) is 40.0 Å². The fraction of sp³-hybridized carbons (Fsp3) is 1.00. The molecule has 0 aliphatic heterocycles. The van der Waals surface area contributed by atoms with E-state index in [1.165, 1.54) is 6.42 Å². The van der Waals surface area contributed by atoms with E-state index in [9.17, 15) is 0 Å². The molecule has 11 heavy (non-hydrogen) atoms. The monoisotopic (exact) mass is 152 g/mol. The Morgan fingerprint density at radius 2 is 1.45 bits per heavy atom. The van der Waals surface area contributed by atoms with E-state index in [-0.39, 0.29) is 0 Å². The van der Waals surface area contributed by atoms with Crippen LogP contribution in [-0.4, -0.2) is 0 Å². The Bertz CT molecular complexity index is 142. The van der Waals surface area contributed by atoms with Crippen LogP contribution in [-0.2, 0) is 0 Å². The van der Waals surface area contributed by atoms with Gasteiger partial charge in [-0.2, -0.15) is 0 Å². The lowest BCUT2D eigenvalue weighted by Gasteiger charge is -2.36. The predicted octanol–water partition coefficient (Wildman–Crippen LogP) is 3.32. The summed E-state index contributed by atoms with van der Waals surface area (Å²) in [6.07, 6.45) is 4.62. The molecule has 3 unspecified atom stereocenters. The molecule has 3 fully saturated rings. The summed E-state index contributed by atoms with van der Waals surface area (Å²) in [5.41, 5.74) is 0. The smallest absolute Gasteiger partial charge is 0.0381 e. The maximum atomic E-state index is 2.47. The Kier molecular flexibility index (Phi) is 1.74. The second-order valence-corrected chi connectivity index (χ2v) is 5.03. The number of hydrogen-bond donors (Lipinski definition) is 0. The molecule has 3 rings (SSSR count). The molecule has 3 aliphatic rings. The van der Waals surface area contributed by atoms with E-state index in [1.54, 1.807) is 12.8 Å². The second-order valence-electron chi connectivity index (χ2n) is 5.03. The van der Waals surface area contributed by atoms with Gasteiger partial charge in [0.1, 0.15) is 0 Å². The van der Waals surface area contributed by atoms with E-state index in [0.717, 1.165) is 29.6 Å². The van der Waals surface area contributed by atoms with E-state index < -0.39 is 0 Å². The average Bonchev–Trinajstić information content (AvgIpc) is 2.03. The van der Waals surface area contributed by atoms with Gasteiger partial charge < -0.3 is 0 Å². The third kappa shape index (κ3) is 1.11. The van der Waals surface area contributed by atoms with E-state index in [4.69, 9.17) is 0 Å². The molecular formula is C11H20. The van der Waals surface area contributed by atoms with Gasteiger partial charge in [0.05, 0.1) is 0 Å². The molecule has 0 nitrogen and oxygen atoms in total. The molecule has 3 aliphatic carbocycles. The lowest BCUT2D eigenvalue weighted by Crippen LogP contribution is -2.27. The topological polar surface area (TPSA) is 0 Å². The molecule has 0 heterocycles. The summed E-state index contributed by atoms with van der Waals surface area (Å²) >= 11 is 0. The highest BCUT2D eigenvalue weighted by atomic mass is 14.5. The van der Waals surface area contributed by atoms with Gasteiger partial charge in [-0.1, -0.05) is 20.8 Å². The summed E-state index contributed by atoms with van der Waals surface area (Å²) in [6.45, 7) is 7.37. The zero-order valence-corrected chi connectivity index (χ0v) is 8.01. The molecule has 64 valence electrons. The molecular weight excluding hydrogens is 132 g/mol. The first-order chi connectivity index (χ1) is 5.18. The van der Waals surface area contributed by atoms with Gasteiger partial charge in [-0.25, -0.2) is 0 Å². The predicted molar refractivity (Wildman–Crippen MR) is 48.3 cm³/mol. The minimum Gasteiger partial charge on any atom is -0.0622 e. The van der Waals surface area contributed by atoms with Crippen LogP contribution >= 0.6 is 0 Å². The fourth-order valence-electron chi connectivity index (χ4n) is 3.10. The summed E-state index contributed by atoms with van der Waals surface area (Å²) in [4.78, 5) is 0. The molecule has 2 bridgehead atoms. The highest BCUT2D eigenvalue weighted by Gasteiger charge is 2.41. The Morgan fingerprint density at radius 1 is 0.818 bits per heavy atom.